The van der Waals surface area contributed by atoms with Gasteiger partial charge in [0.15, 0.2) is 17.8 Å². The van der Waals surface area contributed by atoms with Crippen LogP contribution in [0.2, 0.25) is 5.02 Å². The molecule has 1 fully saturated rings. The fraction of sp³-hybridized carbons (Fsp3) is 0.208. The van der Waals surface area contributed by atoms with E-state index < -0.39 is 11.7 Å². The largest absolute Gasteiger partial charge is 0.586 e. The molecule has 3 aromatic rings. The lowest BCUT2D eigenvalue weighted by atomic mass is 9.88. The van der Waals surface area contributed by atoms with Gasteiger partial charge in [0.2, 0.25) is 0 Å². The number of ketones is 1. The second kappa shape index (κ2) is 7.38. The van der Waals surface area contributed by atoms with Crippen LogP contribution >= 0.6 is 11.6 Å². The van der Waals surface area contributed by atoms with Crippen LogP contribution in [0.5, 0.6) is 11.5 Å². The van der Waals surface area contributed by atoms with E-state index in [0.717, 1.165) is 0 Å². The van der Waals surface area contributed by atoms with E-state index in [1.54, 1.807) is 42.5 Å². The van der Waals surface area contributed by atoms with Gasteiger partial charge in [-0.1, -0.05) is 29.8 Å². The standard InChI is InChI=1S/C24H16ClF2NO4/c25-18-6-4-14(10-15(18)13-29)19-3-1-2-17(28-19)12-22(30)23(8-9-23)16-5-7-20-21(11-16)32-24(26,27)31-20/h1-7,10-11,13H,8-9,12H2. The summed E-state index contributed by atoms with van der Waals surface area (Å²) in [6, 6.07) is 14.9. The van der Waals surface area contributed by atoms with Gasteiger partial charge in [0, 0.05) is 23.2 Å². The van der Waals surface area contributed by atoms with Crippen molar-refractivity contribution in [2.75, 3.05) is 0 Å². The Kier molecular flexibility index (Phi) is 4.74. The van der Waals surface area contributed by atoms with Gasteiger partial charge in [0.25, 0.3) is 0 Å². The molecule has 2 aromatic carbocycles. The normalized spacial score (nSPS) is 17.1. The van der Waals surface area contributed by atoms with E-state index in [1.807, 2.05) is 0 Å². The van der Waals surface area contributed by atoms with Crippen molar-refractivity contribution in [1.82, 2.24) is 4.98 Å². The first-order valence-electron chi connectivity index (χ1n) is 9.94. The molecule has 1 aliphatic carbocycles. The van der Waals surface area contributed by atoms with Crippen LogP contribution in [-0.4, -0.2) is 23.3 Å². The van der Waals surface area contributed by atoms with Crippen molar-refractivity contribution in [3.8, 4) is 22.8 Å². The van der Waals surface area contributed by atoms with Gasteiger partial charge >= 0.3 is 6.29 Å². The zero-order valence-corrected chi connectivity index (χ0v) is 17.4. The summed E-state index contributed by atoms with van der Waals surface area (Å²) in [7, 11) is 0. The maximum atomic E-state index is 13.3. The summed E-state index contributed by atoms with van der Waals surface area (Å²) >= 11 is 6.00. The monoisotopic (exact) mass is 455 g/mol. The molecule has 8 heteroatoms. The summed E-state index contributed by atoms with van der Waals surface area (Å²) < 4.78 is 35.6. The van der Waals surface area contributed by atoms with Crippen molar-refractivity contribution in [2.45, 2.75) is 31.0 Å². The van der Waals surface area contributed by atoms with Crippen LogP contribution in [0, 0.1) is 0 Å². The third-order valence-electron chi connectivity index (χ3n) is 5.80. The Hall–Kier alpha value is -3.32. The van der Waals surface area contributed by atoms with Crippen LogP contribution in [0.25, 0.3) is 11.3 Å². The minimum atomic E-state index is -3.70. The zero-order chi connectivity index (χ0) is 22.5. The molecule has 0 N–H and O–H groups in total. The number of hydrogen-bond donors (Lipinski definition) is 0. The first kappa shape index (κ1) is 20.6. The summed E-state index contributed by atoms with van der Waals surface area (Å²) in [5, 5.41) is 0.354. The van der Waals surface area contributed by atoms with Crippen molar-refractivity contribution < 1.29 is 27.8 Å². The maximum absolute atomic E-state index is 13.3. The number of ether oxygens (including phenoxy) is 2. The predicted octanol–water partition coefficient (Wildman–Crippen LogP) is 5.38. The number of carbonyl (C=O) groups is 2. The topological polar surface area (TPSA) is 65.5 Å². The number of carbonyl (C=O) groups excluding carboxylic acids is 2. The summed E-state index contributed by atoms with van der Waals surface area (Å²) in [6.45, 7) is 0. The molecule has 5 rings (SSSR count). The Bertz CT molecular complexity index is 1260. The lowest BCUT2D eigenvalue weighted by molar-refractivity contribution is -0.286. The van der Waals surface area contributed by atoms with E-state index in [2.05, 4.69) is 14.5 Å². The number of aldehydes is 1. The van der Waals surface area contributed by atoms with Crippen LogP contribution in [0.1, 0.15) is 34.5 Å². The fourth-order valence-electron chi connectivity index (χ4n) is 3.97. The number of alkyl halides is 2. The maximum Gasteiger partial charge on any atom is 0.586 e. The van der Waals surface area contributed by atoms with E-state index in [0.29, 0.717) is 52.2 Å². The molecule has 2 aliphatic rings. The lowest BCUT2D eigenvalue weighted by Gasteiger charge is -2.15. The molecule has 0 bridgehead atoms. The Morgan fingerprint density at radius 1 is 1.06 bits per heavy atom. The second-order valence-corrected chi connectivity index (χ2v) is 8.29. The van der Waals surface area contributed by atoms with Crippen molar-refractivity contribution in [3.05, 3.63) is 76.4 Å². The van der Waals surface area contributed by atoms with Crippen LogP contribution in [-0.2, 0) is 16.6 Å². The molecule has 0 radical (unpaired) electrons. The summed E-state index contributed by atoms with van der Waals surface area (Å²) in [5.74, 6) is -0.160. The number of Topliss-reactive ketones (excluding diaryl/α,β-unsaturated/α-hetero) is 1. The summed E-state index contributed by atoms with van der Waals surface area (Å²) in [4.78, 5) is 28.9. The van der Waals surface area contributed by atoms with Gasteiger partial charge in [-0.15, -0.1) is 8.78 Å². The smallest absolute Gasteiger partial charge is 0.395 e. The zero-order valence-electron chi connectivity index (χ0n) is 16.6. The highest BCUT2D eigenvalue weighted by Gasteiger charge is 2.52. The number of rotatable bonds is 6. The SMILES string of the molecule is O=Cc1cc(-c2cccc(CC(=O)C3(c4ccc5c(c4)OC(F)(F)O5)CC3)n2)ccc1Cl. The fourth-order valence-corrected chi connectivity index (χ4v) is 4.13. The van der Waals surface area contributed by atoms with Gasteiger partial charge in [-0.3, -0.25) is 14.6 Å². The van der Waals surface area contributed by atoms with Gasteiger partial charge in [0.05, 0.1) is 16.1 Å². The Morgan fingerprint density at radius 2 is 1.84 bits per heavy atom. The Balaban J connectivity index is 1.38. The van der Waals surface area contributed by atoms with Crippen molar-refractivity contribution in [3.63, 3.8) is 0 Å². The highest BCUT2D eigenvalue weighted by Crippen LogP contribution is 2.52. The van der Waals surface area contributed by atoms with E-state index in [4.69, 9.17) is 11.6 Å². The Labute approximate surface area is 186 Å². The molecule has 0 spiro atoms. The Morgan fingerprint density at radius 3 is 2.59 bits per heavy atom. The minimum Gasteiger partial charge on any atom is -0.395 e. The molecule has 1 aromatic heterocycles. The van der Waals surface area contributed by atoms with Gasteiger partial charge < -0.3 is 9.47 Å². The van der Waals surface area contributed by atoms with E-state index in [1.165, 1.54) is 12.1 Å². The molecular formula is C24H16ClF2NO4. The lowest BCUT2D eigenvalue weighted by Crippen LogP contribution is -2.26. The van der Waals surface area contributed by atoms with E-state index in [9.17, 15) is 18.4 Å². The van der Waals surface area contributed by atoms with Gasteiger partial charge in [-0.2, -0.15) is 0 Å². The van der Waals surface area contributed by atoms with Gasteiger partial charge in [-0.25, -0.2) is 0 Å². The molecule has 32 heavy (non-hydrogen) atoms. The number of halogens is 3. The first-order chi connectivity index (χ1) is 15.3. The van der Waals surface area contributed by atoms with Crippen molar-refractivity contribution >= 4 is 23.7 Å². The predicted molar refractivity (Wildman–Crippen MR) is 112 cm³/mol. The number of hydrogen-bond acceptors (Lipinski definition) is 5. The molecule has 2 heterocycles. The molecule has 0 atom stereocenters. The van der Waals surface area contributed by atoms with Crippen molar-refractivity contribution in [1.29, 1.82) is 0 Å². The molecule has 1 aliphatic heterocycles. The summed E-state index contributed by atoms with van der Waals surface area (Å²) in [6.07, 6.45) is -1.68. The average Bonchev–Trinajstić information content (AvgIpc) is 3.51. The van der Waals surface area contributed by atoms with Crippen LogP contribution in [0.3, 0.4) is 0 Å². The van der Waals surface area contributed by atoms with E-state index in [-0.39, 0.29) is 23.7 Å². The van der Waals surface area contributed by atoms with Crippen LogP contribution < -0.4 is 9.47 Å². The second-order valence-electron chi connectivity index (χ2n) is 7.88. The van der Waals surface area contributed by atoms with E-state index >= 15 is 0 Å². The van der Waals surface area contributed by atoms with Crippen molar-refractivity contribution in [2.24, 2.45) is 0 Å². The number of aromatic nitrogens is 1. The molecule has 0 amide bonds. The highest BCUT2D eigenvalue weighted by molar-refractivity contribution is 6.33. The molecule has 0 saturated heterocycles. The number of fused-ring (bicyclic) bond motifs is 1. The number of pyridine rings is 1. The highest BCUT2D eigenvalue weighted by atomic mass is 35.5. The summed E-state index contributed by atoms with van der Waals surface area (Å²) in [5.41, 5.74) is 2.16. The number of benzene rings is 2. The molecule has 0 unspecified atom stereocenters. The van der Waals surface area contributed by atoms with Crippen LogP contribution in [0.15, 0.2) is 54.6 Å². The van der Waals surface area contributed by atoms with Gasteiger partial charge in [-0.05, 0) is 54.8 Å². The molecule has 162 valence electrons. The first-order valence-corrected chi connectivity index (χ1v) is 10.3. The van der Waals surface area contributed by atoms with Gasteiger partial charge in [0.1, 0.15) is 5.78 Å². The average molecular weight is 456 g/mol. The third kappa shape index (κ3) is 3.62. The molecular weight excluding hydrogens is 440 g/mol. The molecule has 1 saturated carbocycles. The molecule has 5 nitrogen and oxygen atoms in total. The number of nitrogens with zero attached hydrogens (tertiary/aromatic N) is 1. The van der Waals surface area contributed by atoms with Crippen LogP contribution in [0.4, 0.5) is 8.78 Å². The third-order valence-corrected chi connectivity index (χ3v) is 6.15. The minimum absolute atomic E-state index is 0.0440. The quantitative estimate of drug-likeness (QED) is 0.467.